The SMILES string of the molecule is Fc1ccc(Cn2ccc(NC(=S)Nc3ccc(F)c(Cl)c3)n2)cc1. The number of anilines is 2. The maximum atomic E-state index is 13.1. The Morgan fingerprint density at radius 2 is 1.84 bits per heavy atom. The highest BCUT2D eigenvalue weighted by Crippen LogP contribution is 2.19. The minimum absolute atomic E-state index is 0.0105. The molecule has 3 aromatic rings. The third-order valence-electron chi connectivity index (χ3n) is 3.32. The van der Waals surface area contributed by atoms with E-state index < -0.39 is 5.82 Å². The largest absolute Gasteiger partial charge is 0.332 e. The van der Waals surface area contributed by atoms with Crippen LogP contribution in [-0.4, -0.2) is 14.9 Å². The molecule has 2 aromatic carbocycles. The Morgan fingerprint density at radius 3 is 2.56 bits per heavy atom. The molecule has 0 unspecified atom stereocenters. The molecule has 0 atom stereocenters. The van der Waals surface area contributed by atoms with E-state index in [1.807, 2.05) is 0 Å². The molecule has 2 N–H and O–H groups in total. The Kier molecular flexibility index (Phi) is 5.25. The van der Waals surface area contributed by atoms with Gasteiger partial charge in [-0.25, -0.2) is 8.78 Å². The molecule has 0 saturated heterocycles. The molecule has 0 amide bonds. The zero-order valence-electron chi connectivity index (χ0n) is 12.8. The average molecular weight is 379 g/mol. The Labute approximate surface area is 153 Å². The molecule has 4 nitrogen and oxygen atoms in total. The molecule has 3 rings (SSSR count). The van der Waals surface area contributed by atoms with E-state index in [9.17, 15) is 8.78 Å². The van der Waals surface area contributed by atoms with Gasteiger partial charge in [0.1, 0.15) is 11.6 Å². The molecule has 128 valence electrons. The van der Waals surface area contributed by atoms with Crippen LogP contribution in [0.5, 0.6) is 0 Å². The number of nitrogens with one attached hydrogen (secondary N) is 2. The van der Waals surface area contributed by atoms with E-state index in [0.29, 0.717) is 23.2 Å². The molecule has 25 heavy (non-hydrogen) atoms. The maximum Gasteiger partial charge on any atom is 0.176 e. The number of nitrogens with zero attached hydrogens (tertiary/aromatic N) is 2. The maximum absolute atomic E-state index is 13.1. The molecule has 1 heterocycles. The van der Waals surface area contributed by atoms with Crippen LogP contribution >= 0.6 is 23.8 Å². The Morgan fingerprint density at radius 1 is 1.08 bits per heavy atom. The van der Waals surface area contributed by atoms with Gasteiger partial charge in [0.25, 0.3) is 0 Å². The second kappa shape index (κ2) is 7.58. The predicted octanol–water partition coefficient (Wildman–Crippen LogP) is 4.67. The number of thiocarbonyl (C=S) groups is 1. The number of aromatic nitrogens is 2. The summed E-state index contributed by atoms with van der Waals surface area (Å²) < 4.78 is 27.8. The summed E-state index contributed by atoms with van der Waals surface area (Å²) in [4.78, 5) is 0. The van der Waals surface area contributed by atoms with Gasteiger partial charge in [-0.2, -0.15) is 5.10 Å². The van der Waals surface area contributed by atoms with Crippen LogP contribution in [0.25, 0.3) is 0 Å². The Hall–Kier alpha value is -2.51. The minimum atomic E-state index is -0.495. The molecule has 0 aliphatic rings. The lowest BCUT2D eigenvalue weighted by Gasteiger charge is -2.09. The number of halogens is 3. The van der Waals surface area contributed by atoms with E-state index in [1.165, 1.54) is 30.3 Å². The van der Waals surface area contributed by atoms with Crippen molar-refractivity contribution in [3.63, 3.8) is 0 Å². The van der Waals surface area contributed by atoms with Crippen molar-refractivity contribution in [2.24, 2.45) is 0 Å². The van der Waals surface area contributed by atoms with E-state index in [-0.39, 0.29) is 10.8 Å². The molecular weight excluding hydrogens is 366 g/mol. The molecule has 0 bridgehead atoms. The van der Waals surface area contributed by atoms with E-state index in [0.717, 1.165) is 5.56 Å². The summed E-state index contributed by atoms with van der Waals surface area (Å²) in [5.41, 5.74) is 1.49. The zero-order chi connectivity index (χ0) is 17.8. The van der Waals surface area contributed by atoms with Gasteiger partial charge in [0.15, 0.2) is 10.9 Å². The fourth-order valence-electron chi connectivity index (χ4n) is 2.15. The molecule has 1 aromatic heterocycles. The number of hydrogen-bond acceptors (Lipinski definition) is 2. The number of rotatable bonds is 4. The summed E-state index contributed by atoms with van der Waals surface area (Å²) in [6, 6.07) is 12.2. The van der Waals surface area contributed by atoms with Crippen molar-refractivity contribution in [1.29, 1.82) is 0 Å². The van der Waals surface area contributed by atoms with Gasteiger partial charge < -0.3 is 10.6 Å². The summed E-state index contributed by atoms with van der Waals surface area (Å²) in [7, 11) is 0. The molecule has 0 saturated carbocycles. The van der Waals surface area contributed by atoms with E-state index >= 15 is 0 Å². The van der Waals surface area contributed by atoms with E-state index in [1.54, 1.807) is 29.1 Å². The average Bonchev–Trinajstić information content (AvgIpc) is 3.00. The van der Waals surface area contributed by atoms with Gasteiger partial charge >= 0.3 is 0 Å². The summed E-state index contributed by atoms with van der Waals surface area (Å²) in [6.07, 6.45) is 1.78. The molecule has 8 heteroatoms. The van der Waals surface area contributed by atoms with Crippen molar-refractivity contribution in [2.45, 2.75) is 6.54 Å². The van der Waals surface area contributed by atoms with E-state index in [4.69, 9.17) is 23.8 Å². The van der Waals surface area contributed by atoms with Gasteiger partial charge in [0.2, 0.25) is 0 Å². The first kappa shape index (κ1) is 17.3. The van der Waals surface area contributed by atoms with Crippen molar-refractivity contribution in [1.82, 2.24) is 9.78 Å². The van der Waals surface area contributed by atoms with Crippen molar-refractivity contribution in [3.05, 3.63) is 76.9 Å². The molecule has 0 radical (unpaired) electrons. The van der Waals surface area contributed by atoms with Crippen LogP contribution in [-0.2, 0) is 6.54 Å². The van der Waals surface area contributed by atoms with Gasteiger partial charge in [-0.3, -0.25) is 4.68 Å². The Balaban J connectivity index is 1.59. The summed E-state index contributed by atoms with van der Waals surface area (Å²) in [6.45, 7) is 0.510. The van der Waals surface area contributed by atoms with E-state index in [2.05, 4.69) is 15.7 Å². The molecule has 0 spiro atoms. The smallest absolute Gasteiger partial charge is 0.176 e. The van der Waals surface area contributed by atoms with Crippen LogP contribution < -0.4 is 10.6 Å². The third-order valence-corrected chi connectivity index (χ3v) is 3.81. The molecule has 0 aliphatic carbocycles. The van der Waals surface area contributed by atoms with Gasteiger partial charge in [-0.1, -0.05) is 23.7 Å². The zero-order valence-corrected chi connectivity index (χ0v) is 14.4. The van der Waals surface area contributed by atoms with Crippen LogP contribution in [0.1, 0.15) is 5.56 Å². The predicted molar refractivity (Wildman–Crippen MR) is 99.0 cm³/mol. The highest BCUT2D eigenvalue weighted by Gasteiger charge is 2.05. The first-order chi connectivity index (χ1) is 12.0. The minimum Gasteiger partial charge on any atom is -0.332 e. The fraction of sp³-hybridized carbons (Fsp3) is 0.0588. The van der Waals surface area contributed by atoms with Crippen LogP contribution in [0.4, 0.5) is 20.3 Å². The normalized spacial score (nSPS) is 10.5. The summed E-state index contributed by atoms with van der Waals surface area (Å²) >= 11 is 10.9. The van der Waals surface area contributed by atoms with Crippen LogP contribution in [0.15, 0.2) is 54.7 Å². The third kappa shape index (κ3) is 4.74. The number of hydrogen-bond donors (Lipinski definition) is 2. The molecule has 0 fully saturated rings. The van der Waals surface area contributed by atoms with Crippen molar-refractivity contribution >= 4 is 40.4 Å². The highest BCUT2D eigenvalue weighted by atomic mass is 35.5. The van der Waals surface area contributed by atoms with Crippen LogP contribution in [0, 0.1) is 11.6 Å². The quantitative estimate of drug-likeness (QED) is 0.647. The van der Waals surface area contributed by atoms with Crippen molar-refractivity contribution in [3.8, 4) is 0 Å². The summed E-state index contributed by atoms with van der Waals surface area (Å²) in [5, 5.41) is 10.5. The first-order valence-corrected chi connectivity index (χ1v) is 8.09. The van der Waals surface area contributed by atoms with Gasteiger partial charge in [0, 0.05) is 18.0 Å². The van der Waals surface area contributed by atoms with Crippen molar-refractivity contribution in [2.75, 3.05) is 10.6 Å². The molecular formula is C17H13ClF2N4S. The van der Waals surface area contributed by atoms with Crippen LogP contribution in [0.2, 0.25) is 5.02 Å². The lowest BCUT2D eigenvalue weighted by Crippen LogP contribution is -2.19. The van der Waals surface area contributed by atoms with Gasteiger partial charge in [-0.15, -0.1) is 0 Å². The fourth-order valence-corrected chi connectivity index (χ4v) is 2.55. The Bertz CT molecular complexity index is 896. The lowest BCUT2D eigenvalue weighted by atomic mass is 10.2. The van der Waals surface area contributed by atoms with Gasteiger partial charge in [-0.05, 0) is 48.1 Å². The van der Waals surface area contributed by atoms with Crippen molar-refractivity contribution < 1.29 is 8.78 Å². The highest BCUT2D eigenvalue weighted by molar-refractivity contribution is 7.80. The summed E-state index contributed by atoms with van der Waals surface area (Å²) in [5.74, 6) is -0.220. The monoisotopic (exact) mass is 378 g/mol. The molecule has 0 aliphatic heterocycles. The standard InChI is InChI=1S/C17H13ClF2N4S/c18-14-9-13(5-6-15(14)20)21-17(25)22-16-7-8-24(23-16)10-11-1-3-12(19)4-2-11/h1-9H,10H2,(H2,21,22,23,25). The second-order valence-corrected chi connectivity index (χ2v) is 6.05. The number of benzene rings is 2. The topological polar surface area (TPSA) is 41.9 Å². The van der Waals surface area contributed by atoms with Gasteiger partial charge in [0.05, 0.1) is 11.6 Å². The lowest BCUT2D eigenvalue weighted by molar-refractivity contribution is 0.624. The van der Waals surface area contributed by atoms with Crippen LogP contribution in [0.3, 0.4) is 0 Å². The first-order valence-electron chi connectivity index (χ1n) is 7.30. The second-order valence-electron chi connectivity index (χ2n) is 5.23.